The van der Waals surface area contributed by atoms with Crippen molar-refractivity contribution in [1.29, 1.82) is 0 Å². The first kappa shape index (κ1) is 15.3. The van der Waals surface area contributed by atoms with Crippen molar-refractivity contribution in [1.82, 2.24) is 5.32 Å². The molecule has 4 nitrogen and oxygen atoms in total. The van der Waals surface area contributed by atoms with Gasteiger partial charge in [0.25, 0.3) is 5.91 Å². The van der Waals surface area contributed by atoms with Crippen LogP contribution in [0.25, 0.3) is 0 Å². The van der Waals surface area contributed by atoms with Gasteiger partial charge in [-0.1, -0.05) is 6.42 Å². The molecule has 0 bridgehead atoms. The molecule has 2 unspecified atom stereocenters. The third-order valence-electron chi connectivity index (χ3n) is 3.99. The molecule has 0 aliphatic heterocycles. The van der Waals surface area contributed by atoms with Gasteiger partial charge in [-0.25, -0.2) is 0 Å². The number of carbonyl (C=O) groups excluding carboxylic acids is 1. The molecule has 2 rings (SSSR count). The lowest BCUT2D eigenvalue weighted by atomic mass is 9.97. The molecular formula is C15H20BrNO3. The highest BCUT2D eigenvalue weighted by Gasteiger charge is 2.26. The average molecular weight is 342 g/mol. The summed E-state index contributed by atoms with van der Waals surface area (Å²) in [5.74, 6) is 1.35. The quantitative estimate of drug-likeness (QED) is 0.865. The van der Waals surface area contributed by atoms with Crippen LogP contribution >= 0.6 is 15.9 Å². The van der Waals surface area contributed by atoms with Crippen LogP contribution in [0, 0.1) is 11.8 Å². The molecule has 1 saturated carbocycles. The van der Waals surface area contributed by atoms with Crippen LogP contribution in [-0.2, 0) is 0 Å². The van der Waals surface area contributed by atoms with Crippen molar-refractivity contribution in [2.45, 2.75) is 19.3 Å². The number of benzene rings is 1. The van der Waals surface area contributed by atoms with Crippen LogP contribution in [0.3, 0.4) is 0 Å². The Hall–Kier alpha value is -1.07. The summed E-state index contributed by atoms with van der Waals surface area (Å²) in [4.78, 5) is 12.1. The van der Waals surface area contributed by atoms with Crippen molar-refractivity contribution >= 4 is 21.8 Å². The molecule has 1 fully saturated rings. The monoisotopic (exact) mass is 341 g/mol. The van der Waals surface area contributed by atoms with Gasteiger partial charge in [0.15, 0.2) is 0 Å². The van der Waals surface area contributed by atoms with Gasteiger partial charge in [0.1, 0.15) is 5.75 Å². The van der Waals surface area contributed by atoms with E-state index in [4.69, 9.17) is 4.74 Å². The van der Waals surface area contributed by atoms with Gasteiger partial charge in [-0.2, -0.15) is 0 Å². The third-order valence-corrected chi connectivity index (χ3v) is 4.61. The molecule has 1 aromatic rings. The molecular weight excluding hydrogens is 322 g/mol. The number of hydrogen-bond acceptors (Lipinski definition) is 3. The topological polar surface area (TPSA) is 58.6 Å². The van der Waals surface area contributed by atoms with E-state index >= 15 is 0 Å². The van der Waals surface area contributed by atoms with Crippen molar-refractivity contribution in [2.75, 3.05) is 20.3 Å². The molecule has 0 saturated heterocycles. The van der Waals surface area contributed by atoms with E-state index < -0.39 is 0 Å². The summed E-state index contributed by atoms with van der Waals surface area (Å²) >= 11 is 3.38. The van der Waals surface area contributed by atoms with E-state index in [0.717, 1.165) is 23.7 Å². The Bertz CT molecular complexity index is 478. The molecule has 1 aliphatic carbocycles. The molecule has 0 heterocycles. The fourth-order valence-corrected chi connectivity index (χ4v) is 3.30. The molecule has 110 valence electrons. The first-order chi connectivity index (χ1) is 9.65. The summed E-state index contributed by atoms with van der Waals surface area (Å²) in [5.41, 5.74) is 0.608. The number of hydrogen-bond donors (Lipinski definition) is 2. The van der Waals surface area contributed by atoms with Crippen LogP contribution < -0.4 is 10.1 Å². The minimum absolute atomic E-state index is 0.0862. The SMILES string of the molecule is COc1ccc(C(=O)NCC2CCCC2CO)cc1Br. The third kappa shape index (κ3) is 3.52. The first-order valence-electron chi connectivity index (χ1n) is 6.88. The Labute approximate surface area is 127 Å². The Balaban J connectivity index is 1.93. The van der Waals surface area contributed by atoms with Crippen LogP contribution in [0.2, 0.25) is 0 Å². The summed E-state index contributed by atoms with van der Waals surface area (Å²) in [6, 6.07) is 5.27. The summed E-state index contributed by atoms with van der Waals surface area (Å²) in [7, 11) is 1.59. The second kappa shape index (κ2) is 7.09. The summed E-state index contributed by atoms with van der Waals surface area (Å²) in [5, 5.41) is 12.2. The smallest absolute Gasteiger partial charge is 0.251 e. The van der Waals surface area contributed by atoms with E-state index in [2.05, 4.69) is 21.2 Å². The molecule has 2 atom stereocenters. The van der Waals surface area contributed by atoms with Crippen LogP contribution in [0.1, 0.15) is 29.6 Å². The van der Waals surface area contributed by atoms with E-state index in [1.165, 1.54) is 0 Å². The Morgan fingerprint density at radius 1 is 1.45 bits per heavy atom. The molecule has 0 aromatic heterocycles. The average Bonchev–Trinajstić information content (AvgIpc) is 2.92. The Morgan fingerprint density at radius 3 is 2.85 bits per heavy atom. The zero-order valence-electron chi connectivity index (χ0n) is 11.6. The van der Waals surface area contributed by atoms with Gasteiger partial charge in [-0.05, 0) is 58.8 Å². The number of aliphatic hydroxyl groups is 1. The van der Waals surface area contributed by atoms with Crippen molar-refractivity contribution in [2.24, 2.45) is 11.8 Å². The van der Waals surface area contributed by atoms with Crippen LogP contribution in [0.4, 0.5) is 0 Å². The first-order valence-corrected chi connectivity index (χ1v) is 7.67. The number of aliphatic hydroxyl groups excluding tert-OH is 1. The predicted octanol–water partition coefficient (Wildman–Crippen LogP) is 2.60. The maximum atomic E-state index is 12.1. The number of rotatable bonds is 5. The van der Waals surface area contributed by atoms with E-state index in [1.54, 1.807) is 25.3 Å². The van der Waals surface area contributed by atoms with E-state index in [1.807, 2.05) is 0 Å². The predicted molar refractivity (Wildman–Crippen MR) is 80.9 cm³/mol. The highest BCUT2D eigenvalue weighted by atomic mass is 79.9. The lowest BCUT2D eigenvalue weighted by molar-refractivity contribution is 0.0937. The largest absolute Gasteiger partial charge is 0.496 e. The van der Waals surface area contributed by atoms with Gasteiger partial charge >= 0.3 is 0 Å². The van der Waals surface area contributed by atoms with Gasteiger partial charge < -0.3 is 15.2 Å². The highest BCUT2D eigenvalue weighted by Crippen LogP contribution is 2.31. The lowest BCUT2D eigenvalue weighted by Crippen LogP contribution is -2.31. The fraction of sp³-hybridized carbons (Fsp3) is 0.533. The van der Waals surface area contributed by atoms with E-state index in [0.29, 0.717) is 29.7 Å². The molecule has 1 aromatic carbocycles. The number of amides is 1. The van der Waals surface area contributed by atoms with Crippen molar-refractivity contribution < 1.29 is 14.6 Å². The van der Waals surface area contributed by atoms with Crippen molar-refractivity contribution in [3.63, 3.8) is 0 Å². The number of carbonyl (C=O) groups is 1. The number of ether oxygens (including phenoxy) is 1. The van der Waals surface area contributed by atoms with Gasteiger partial charge in [-0.3, -0.25) is 4.79 Å². The van der Waals surface area contributed by atoms with Crippen LogP contribution in [0.5, 0.6) is 5.75 Å². The Morgan fingerprint density at radius 2 is 2.20 bits per heavy atom. The Kier molecular flexibility index (Phi) is 5.43. The summed E-state index contributed by atoms with van der Waals surface area (Å²) in [6.07, 6.45) is 3.28. The number of halogens is 1. The minimum Gasteiger partial charge on any atom is -0.496 e. The van der Waals surface area contributed by atoms with Crippen LogP contribution in [0.15, 0.2) is 22.7 Å². The minimum atomic E-state index is -0.0862. The lowest BCUT2D eigenvalue weighted by Gasteiger charge is -2.17. The van der Waals surface area contributed by atoms with Crippen molar-refractivity contribution in [3.8, 4) is 5.75 Å². The molecule has 2 N–H and O–H groups in total. The van der Waals surface area contributed by atoms with E-state index in [9.17, 15) is 9.90 Å². The maximum absolute atomic E-state index is 12.1. The fourth-order valence-electron chi connectivity index (χ4n) is 2.76. The van der Waals surface area contributed by atoms with Gasteiger partial charge in [0, 0.05) is 18.7 Å². The van der Waals surface area contributed by atoms with Crippen LogP contribution in [-0.4, -0.2) is 31.3 Å². The second-order valence-corrected chi connectivity index (χ2v) is 6.05. The summed E-state index contributed by atoms with van der Waals surface area (Å²) < 4.78 is 5.91. The zero-order chi connectivity index (χ0) is 14.5. The molecule has 0 radical (unpaired) electrons. The molecule has 1 aliphatic rings. The summed E-state index contributed by atoms with van der Waals surface area (Å²) in [6.45, 7) is 0.850. The van der Waals surface area contributed by atoms with Gasteiger partial charge in [0.05, 0.1) is 11.6 Å². The standard InChI is InChI=1S/C15H20BrNO3/c1-20-14-6-5-10(7-13(14)16)15(19)17-8-11-3-2-4-12(11)9-18/h5-7,11-12,18H,2-4,8-9H2,1H3,(H,17,19). The number of methoxy groups -OCH3 is 1. The number of nitrogens with one attached hydrogen (secondary N) is 1. The molecule has 20 heavy (non-hydrogen) atoms. The normalized spacial score (nSPS) is 21.8. The molecule has 5 heteroatoms. The molecule has 0 spiro atoms. The van der Waals surface area contributed by atoms with Crippen molar-refractivity contribution in [3.05, 3.63) is 28.2 Å². The zero-order valence-corrected chi connectivity index (χ0v) is 13.1. The van der Waals surface area contributed by atoms with Gasteiger partial charge in [-0.15, -0.1) is 0 Å². The highest BCUT2D eigenvalue weighted by molar-refractivity contribution is 9.10. The van der Waals surface area contributed by atoms with Gasteiger partial charge in [0.2, 0.25) is 0 Å². The van der Waals surface area contributed by atoms with E-state index in [-0.39, 0.29) is 12.5 Å². The second-order valence-electron chi connectivity index (χ2n) is 5.19. The molecule has 1 amide bonds. The maximum Gasteiger partial charge on any atom is 0.251 e.